The molecule has 0 bridgehead atoms. The number of likely N-dealkylation sites (N-methyl/N-ethyl adjacent to an activating group) is 1. The second kappa shape index (κ2) is 8.15. The quantitative estimate of drug-likeness (QED) is 0.815. The molecule has 1 aliphatic carbocycles. The van der Waals surface area contributed by atoms with Crippen LogP contribution >= 0.6 is 0 Å². The number of morpholine rings is 1. The zero-order chi connectivity index (χ0) is 17.8. The molecule has 2 aliphatic rings. The lowest BCUT2D eigenvalue weighted by Gasteiger charge is -2.34. The molecule has 25 heavy (non-hydrogen) atoms. The highest BCUT2D eigenvalue weighted by Gasteiger charge is 2.28. The molecule has 3 rings (SSSR count). The lowest BCUT2D eigenvalue weighted by atomic mass is 10.1. The van der Waals surface area contributed by atoms with E-state index in [-0.39, 0.29) is 12.0 Å². The summed E-state index contributed by atoms with van der Waals surface area (Å²) in [6, 6.07) is 6.52. The van der Waals surface area contributed by atoms with E-state index in [0.29, 0.717) is 32.3 Å². The number of pyridine rings is 1. The topological polar surface area (TPSA) is 48.9 Å². The second-order valence-corrected chi connectivity index (χ2v) is 7.37. The van der Waals surface area contributed by atoms with Crippen molar-refractivity contribution in [2.45, 2.75) is 37.8 Å². The molecule has 1 amide bonds. The number of aromatic nitrogens is 1. The monoisotopic (exact) mass is 346 g/mol. The minimum Gasteiger partial charge on any atom is -0.368 e. The van der Waals surface area contributed by atoms with Crippen LogP contribution in [0.2, 0.25) is 0 Å². The van der Waals surface area contributed by atoms with Gasteiger partial charge in [0.25, 0.3) is 0 Å². The van der Waals surface area contributed by atoms with Crippen LogP contribution in [0.5, 0.6) is 0 Å². The van der Waals surface area contributed by atoms with Crippen LogP contribution in [0.15, 0.2) is 18.2 Å². The van der Waals surface area contributed by atoms with Crippen molar-refractivity contribution in [3.05, 3.63) is 23.9 Å². The molecule has 0 N–H and O–H groups in total. The lowest BCUT2D eigenvalue weighted by molar-refractivity contribution is -0.140. The maximum Gasteiger partial charge on any atom is 0.236 e. The largest absolute Gasteiger partial charge is 0.368 e. The summed E-state index contributed by atoms with van der Waals surface area (Å²) in [5, 5.41) is 0. The molecule has 138 valence electrons. The molecule has 0 unspecified atom stereocenters. The number of rotatable bonds is 5. The summed E-state index contributed by atoms with van der Waals surface area (Å²) in [5.74, 6) is 1.11. The van der Waals surface area contributed by atoms with Crippen LogP contribution in [-0.4, -0.2) is 74.1 Å². The first kappa shape index (κ1) is 18.1. The Hall–Kier alpha value is -1.66. The van der Waals surface area contributed by atoms with Crippen molar-refractivity contribution in [2.24, 2.45) is 0 Å². The smallest absolute Gasteiger partial charge is 0.236 e. The van der Waals surface area contributed by atoms with Crippen LogP contribution in [0.3, 0.4) is 0 Å². The molecule has 0 spiro atoms. The van der Waals surface area contributed by atoms with E-state index in [1.165, 1.54) is 25.7 Å². The minimum atomic E-state index is -0.144. The molecule has 0 radical (unpaired) electrons. The van der Waals surface area contributed by atoms with Crippen molar-refractivity contribution in [1.82, 2.24) is 14.8 Å². The number of ether oxygens (including phenoxy) is 1. The van der Waals surface area contributed by atoms with Crippen LogP contribution in [-0.2, 0) is 9.53 Å². The Kier molecular flexibility index (Phi) is 5.91. The lowest BCUT2D eigenvalue weighted by Crippen LogP contribution is -2.47. The van der Waals surface area contributed by atoms with E-state index < -0.39 is 0 Å². The summed E-state index contributed by atoms with van der Waals surface area (Å²) < 4.78 is 5.90. The zero-order valence-corrected chi connectivity index (χ0v) is 15.6. The number of amides is 1. The van der Waals surface area contributed by atoms with E-state index in [1.807, 2.05) is 42.1 Å². The standard InChI is InChI=1S/C19H30N4O2/c1-21(2)18-10-6-9-16(20-18)17-13-23(11-12-25-17)19(24)14-22(3)15-7-4-5-8-15/h6,9-10,15,17H,4-5,7-8,11-14H2,1-3H3/t17-/m0/s1. The molecule has 6 heteroatoms. The van der Waals surface area contributed by atoms with Gasteiger partial charge in [0.2, 0.25) is 5.91 Å². The Morgan fingerprint density at radius 2 is 2.04 bits per heavy atom. The number of nitrogens with zero attached hydrogens (tertiary/aromatic N) is 4. The summed E-state index contributed by atoms with van der Waals surface area (Å²) in [6.45, 7) is 2.32. The third kappa shape index (κ3) is 4.50. The van der Waals surface area contributed by atoms with Crippen LogP contribution in [0.25, 0.3) is 0 Å². The van der Waals surface area contributed by atoms with Crippen molar-refractivity contribution in [2.75, 3.05) is 52.3 Å². The molecule has 1 saturated carbocycles. The highest BCUT2D eigenvalue weighted by molar-refractivity contribution is 5.78. The molecular weight excluding hydrogens is 316 g/mol. The van der Waals surface area contributed by atoms with Crippen LogP contribution in [0.1, 0.15) is 37.5 Å². The van der Waals surface area contributed by atoms with Gasteiger partial charge in [-0.2, -0.15) is 0 Å². The van der Waals surface area contributed by atoms with E-state index >= 15 is 0 Å². The van der Waals surface area contributed by atoms with Gasteiger partial charge in [0.05, 0.1) is 25.4 Å². The van der Waals surface area contributed by atoms with Gasteiger partial charge < -0.3 is 14.5 Å². The van der Waals surface area contributed by atoms with Gasteiger partial charge in [-0.25, -0.2) is 4.98 Å². The Morgan fingerprint density at radius 3 is 2.76 bits per heavy atom. The molecule has 0 aromatic carbocycles. The molecular formula is C19H30N4O2. The Bertz CT molecular complexity index is 587. The van der Waals surface area contributed by atoms with E-state index in [0.717, 1.165) is 11.5 Å². The molecule has 1 atom stereocenters. The van der Waals surface area contributed by atoms with Gasteiger partial charge in [0.15, 0.2) is 0 Å². The molecule has 6 nitrogen and oxygen atoms in total. The summed E-state index contributed by atoms with van der Waals surface area (Å²) in [4.78, 5) is 23.5. The van der Waals surface area contributed by atoms with Gasteiger partial charge in [-0.1, -0.05) is 18.9 Å². The minimum absolute atomic E-state index is 0.144. The van der Waals surface area contributed by atoms with Crippen LogP contribution < -0.4 is 4.90 Å². The average molecular weight is 346 g/mol. The highest BCUT2D eigenvalue weighted by atomic mass is 16.5. The summed E-state index contributed by atoms with van der Waals surface area (Å²) in [5.41, 5.74) is 0.896. The Labute approximate surface area is 150 Å². The molecule has 1 aromatic rings. The van der Waals surface area contributed by atoms with Crippen molar-refractivity contribution >= 4 is 11.7 Å². The van der Waals surface area contributed by atoms with E-state index in [1.54, 1.807) is 0 Å². The number of carbonyl (C=O) groups is 1. The molecule has 1 aromatic heterocycles. The summed E-state index contributed by atoms with van der Waals surface area (Å²) >= 11 is 0. The van der Waals surface area contributed by atoms with Crippen LogP contribution in [0, 0.1) is 0 Å². The van der Waals surface area contributed by atoms with Crippen molar-refractivity contribution in [1.29, 1.82) is 0 Å². The van der Waals surface area contributed by atoms with Gasteiger partial charge in [0.1, 0.15) is 11.9 Å². The molecule has 2 fully saturated rings. The van der Waals surface area contributed by atoms with Gasteiger partial charge >= 0.3 is 0 Å². The third-order valence-electron chi connectivity index (χ3n) is 5.30. The second-order valence-electron chi connectivity index (χ2n) is 7.37. The van der Waals surface area contributed by atoms with Gasteiger partial charge in [0, 0.05) is 26.7 Å². The Morgan fingerprint density at radius 1 is 1.28 bits per heavy atom. The van der Waals surface area contributed by atoms with E-state index in [2.05, 4.69) is 16.9 Å². The fraction of sp³-hybridized carbons (Fsp3) is 0.684. The highest BCUT2D eigenvalue weighted by Crippen LogP contribution is 2.24. The number of hydrogen-bond acceptors (Lipinski definition) is 5. The fourth-order valence-corrected chi connectivity index (χ4v) is 3.71. The Balaban J connectivity index is 1.60. The third-order valence-corrected chi connectivity index (χ3v) is 5.30. The van der Waals surface area contributed by atoms with Gasteiger partial charge in [-0.15, -0.1) is 0 Å². The maximum absolute atomic E-state index is 12.7. The molecule has 1 saturated heterocycles. The number of hydrogen-bond donors (Lipinski definition) is 0. The van der Waals surface area contributed by atoms with E-state index in [9.17, 15) is 4.79 Å². The average Bonchev–Trinajstić information content (AvgIpc) is 3.16. The maximum atomic E-state index is 12.7. The van der Waals surface area contributed by atoms with E-state index in [4.69, 9.17) is 4.74 Å². The first-order chi connectivity index (χ1) is 12.0. The predicted molar refractivity (Wildman–Crippen MR) is 98.7 cm³/mol. The molecule has 2 heterocycles. The summed E-state index contributed by atoms with van der Waals surface area (Å²) in [6.07, 6.45) is 4.87. The van der Waals surface area contributed by atoms with Crippen molar-refractivity contribution in [3.8, 4) is 0 Å². The number of anilines is 1. The van der Waals surface area contributed by atoms with Crippen molar-refractivity contribution < 1.29 is 9.53 Å². The first-order valence-electron chi connectivity index (χ1n) is 9.28. The normalized spacial score (nSPS) is 21.8. The van der Waals surface area contributed by atoms with Gasteiger partial charge in [-0.3, -0.25) is 9.69 Å². The van der Waals surface area contributed by atoms with Crippen LogP contribution in [0.4, 0.5) is 5.82 Å². The SMILES string of the molecule is CN(C)c1cccc([C@@H]2CN(C(=O)CN(C)C3CCCC3)CCO2)n1. The fourth-order valence-electron chi connectivity index (χ4n) is 3.71. The first-order valence-corrected chi connectivity index (χ1v) is 9.28. The predicted octanol–water partition coefficient (Wildman–Crippen LogP) is 1.92. The summed E-state index contributed by atoms with van der Waals surface area (Å²) in [7, 11) is 6.03. The molecule has 1 aliphatic heterocycles. The zero-order valence-electron chi connectivity index (χ0n) is 15.6. The number of carbonyl (C=O) groups excluding carboxylic acids is 1. The van der Waals surface area contributed by atoms with Gasteiger partial charge in [-0.05, 0) is 32.0 Å². The van der Waals surface area contributed by atoms with Crippen molar-refractivity contribution in [3.63, 3.8) is 0 Å².